The number of amides is 1. The number of carbonyl (C=O) groups excluding carboxylic acids is 1. The first-order valence-corrected chi connectivity index (χ1v) is 10.5. The van der Waals surface area contributed by atoms with Crippen LogP contribution in [-0.2, 0) is 9.53 Å². The van der Waals surface area contributed by atoms with Crippen LogP contribution in [0.15, 0.2) is 53.2 Å². The van der Waals surface area contributed by atoms with Crippen LogP contribution in [0, 0.1) is 0 Å². The van der Waals surface area contributed by atoms with Crippen LogP contribution in [0.2, 0.25) is 0 Å². The van der Waals surface area contributed by atoms with E-state index in [-0.39, 0.29) is 5.91 Å². The molecule has 0 N–H and O–H groups in total. The molecular weight excluding hydrogens is 394 g/mol. The largest absolute Gasteiger partial charge is 0.497 e. The zero-order chi connectivity index (χ0) is 21.8. The van der Waals surface area contributed by atoms with Crippen LogP contribution >= 0.6 is 0 Å². The van der Waals surface area contributed by atoms with E-state index >= 15 is 0 Å². The van der Waals surface area contributed by atoms with Crippen LogP contribution < -0.4 is 9.47 Å². The van der Waals surface area contributed by atoms with Crippen molar-refractivity contribution in [2.75, 3.05) is 40.0 Å². The first-order chi connectivity index (χ1) is 15.1. The summed E-state index contributed by atoms with van der Waals surface area (Å²) in [5.74, 6) is 1.47. The lowest BCUT2D eigenvalue weighted by atomic mass is 9.99. The summed E-state index contributed by atoms with van der Waals surface area (Å²) in [6, 6.07) is 11.8. The molecule has 0 atom stereocenters. The maximum Gasteiger partial charge on any atom is 0.247 e. The second-order valence-corrected chi connectivity index (χ2v) is 7.42. The molecule has 0 aliphatic carbocycles. The molecule has 1 fully saturated rings. The van der Waals surface area contributed by atoms with E-state index in [1.54, 1.807) is 19.4 Å². The third-order valence-electron chi connectivity index (χ3n) is 5.44. The van der Waals surface area contributed by atoms with Crippen molar-refractivity contribution in [1.82, 2.24) is 4.90 Å². The molecule has 0 saturated carbocycles. The maximum absolute atomic E-state index is 12.7. The molecule has 4 rings (SSSR count). The Bertz CT molecular complexity index is 1110. The Morgan fingerprint density at radius 3 is 2.74 bits per heavy atom. The van der Waals surface area contributed by atoms with E-state index in [9.17, 15) is 4.79 Å². The highest BCUT2D eigenvalue weighted by molar-refractivity contribution is 6.00. The number of rotatable bonds is 6. The minimum absolute atomic E-state index is 0.0106. The molecule has 0 radical (unpaired) electrons. The lowest BCUT2D eigenvalue weighted by Gasteiger charge is -2.26. The number of ether oxygens (including phenoxy) is 3. The Labute approximate surface area is 182 Å². The highest BCUT2D eigenvalue weighted by atomic mass is 16.5. The van der Waals surface area contributed by atoms with Gasteiger partial charge in [-0.05, 0) is 43.2 Å². The fourth-order valence-electron chi connectivity index (χ4n) is 3.79. The molecule has 1 saturated heterocycles. The third-order valence-corrected chi connectivity index (χ3v) is 5.44. The molecular formula is C25H27NO5. The van der Waals surface area contributed by atoms with Crippen LogP contribution in [0.1, 0.15) is 19.4 Å². The zero-order valence-corrected chi connectivity index (χ0v) is 18.1. The van der Waals surface area contributed by atoms with Gasteiger partial charge in [-0.3, -0.25) is 4.79 Å². The molecule has 0 bridgehead atoms. The van der Waals surface area contributed by atoms with E-state index in [1.807, 2.05) is 55.1 Å². The SMILES string of the molecule is CCOc1cc2occ(-c3cccc(OC)c3)c2cc1/C(C)=C/C(=O)N1CCOCC1. The monoisotopic (exact) mass is 421 g/mol. The van der Waals surface area contributed by atoms with Crippen molar-refractivity contribution in [3.05, 3.63) is 54.3 Å². The van der Waals surface area contributed by atoms with Gasteiger partial charge in [0.15, 0.2) is 0 Å². The zero-order valence-electron chi connectivity index (χ0n) is 18.1. The van der Waals surface area contributed by atoms with E-state index in [4.69, 9.17) is 18.6 Å². The smallest absolute Gasteiger partial charge is 0.247 e. The van der Waals surface area contributed by atoms with Crippen molar-refractivity contribution in [1.29, 1.82) is 0 Å². The van der Waals surface area contributed by atoms with Crippen LogP contribution in [0.4, 0.5) is 0 Å². The topological polar surface area (TPSA) is 61.1 Å². The summed E-state index contributed by atoms with van der Waals surface area (Å²) in [7, 11) is 1.65. The predicted molar refractivity (Wildman–Crippen MR) is 120 cm³/mol. The number of nitrogens with zero attached hydrogens (tertiary/aromatic N) is 1. The molecule has 1 aliphatic rings. The molecule has 2 aromatic carbocycles. The molecule has 2 heterocycles. The standard InChI is InChI=1S/C25H27NO5/c1-4-30-23-15-24-21(22(16-31-24)18-6-5-7-19(13-18)28-3)14-20(23)17(2)12-25(27)26-8-10-29-11-9-26/h5-7,12-16H,4,8-11H2,1-3H3/b17-12+. The minimum Gasteiger partial charge on any atom is -0.497 e. The van der Waals surface area contributed by atoms with E-state index in [1.165, 1.54) is 0 Å². The predicted octanol–water partition coefficient (Wildman–Crippen LogP) is 4.77. The van der Waals surface area contributed by atoms with Crippen molar-refractivity contribution in [2.45, 2.75) is 13.8 Å². The van der Waals surface area contributed by atoms with Crippen LogP contribution in [-0.4, -0.2) is 50.8 Å². The molecule has 31 heavy (non-hydrogen) atoms. The highest BCUT2D eigenvalue weighted by Gasteiger charge is 2.18. The number of furan rings is 1. The Morgan fingerprint density at radius 2 is 2.00 bits per heavy atom. The number of hydrogen-bond donors (Lipinski definition) is 0. The van der Waals surface area contributed by atoms with Gasteiger partial charge < -0.3 is 23.5 Å². The van der Waals surface area contributed by atoms with Crippen molar-refractivity contribution < 1.29 is 23.4 Å². The highest BCUT2D eigenvalue weighted by Crippen LogP contribution is 2.38. The first-order valence-electron chi connectivity index (χ1n) is 10.5. The summed E-state index contributed by atoms with van der Waals surface area (Å²) in [6.07, 6.45) is 3.43. The second-order valence-electron chi connectivity index (χ2n) is 7.42. The average Bonchev–Trinajstić information content (AvgIpc) is 3.22. The number of hydrogen-bond acceptors (Lipinski definition) is 5. The van der Waals surface area contributed by atoms with Crippen molar-refractivity contribution in [3.63, 3.8) is 0 Å². The van der Waals surface area contributed by atoms with Gasteiger partial charge in [0, 0.05) is 41.7 Å². The van der Waals surface area contributed by atoms with E-state index in [0.29, 0.717) is 38.7 Å². The molecule has 162 valence electrons. The van der Waals surface area contributed by atoms with Gasteiger partial charge in [-0.15, -0.1) is 0 Å². The summed E-state index contributed by atoms with van der Waals surface area (Å²) in [4.78, 5) is 14.6. The number of carbonyl (C=O) groups is 1. The number of allylic oxidation sites excluding steroid dienone is 1. The van der Waals surface area contributed by atoms with Gasteiger partial charge in [0.2, 0.25) is 5.91 Å². The Hall–Kier alpha value is -3.25. The fraction of sp³-hybridized carbons (Fsp3) is 0.320. The number of benzene rings is 2. The van der Waals surface area contributed by atoms with Crippen LogP contribution in [0.5, 0.6) is 11.5 Å². The lowest BCUT2D eigenvalue weighted by Crippen LogP contribution is -2.39. The molecule has 6 nitrogen and oxygen atoms in total. The Morgan fingerprint density at radius 1 is 1.19 bits per heavy atom. The van der Waals surface area contributed by atoms with Crippen LogP contribution in [0.3, 0.4) is 0 Å². The van der Waals surface area contributed by atoms with Gasteiger partial charge in [-0.1, -0.05) is 12.1 Å². The minimum atomic E-state index is -0.0106. The van der Waals surface area contributed by atoms with Crippen molar-refractivity contribution in [2.24, 2.45) is 0 Å². The summed E-state index contributed by atoms with van der Waals surface area (Å²) in [5, 5.41) is 0.957. The normalized spacial score (nSPS) is 14.7. The molecule has 0 spiro atoms. The lowest BCUT2D eigenvalue weighted by molar-refractivity contribution is -0.129. The quantitative estimate of drug-likeness (QED) is 0.537. The van der Waals surface area contributed by atoms with Gasteiger partial charge in [0.25, 0.3) is 0 Å². The van der Waals surface area contributed by atoms with E-state index in [0.717, 1.165) is 39.0 Å². The van der Waals surface area contributed by atoms with Gasteiger partial charge in [-0.2, -0.15) is 0 Å². The van der Waals surface area contributed by atoms with E-state index < -0.39 is 0 Å². The van der Waals surface area contributed by atoms with Gasteiger partial charge in [0.1, 0.15) is 17.1 Å². The molecule has 1 amide bonds. The maximum atomic E-state index is 12.7. The third kappa shape index (κ3) is 4.44. The van der Waals surface area contributed by atoms with Gasteiger partial charge in [-0.25, -0.2) is 0 Å². The molecule has 1 aromatic heterocycles. The molecule has 0 unspecified atom stereocenters. The van der Waals surface area contributed by atoms with Crippen LogP contribution in [0.25, 0.3) is 27.7 Å². The number of fused-ring (bicyclic) bond motifs is 1. The van der Waals surface area contributed by atoms with Crippen molar-refractivity contribution in [3.8, 4) is 22.6 Å². The summed E-state index contributed by atoms with van der Waals surface area (Å²) < 4.78 is 22.4. The first kappa shape index (κ1) is 21.0. The van der Waals surface area contributed by atoms with Gasteiger partial charge >= 0.3 is 0 Å². The van der Waals surface area contributed by atoms with Crippen molar-refractivity contribution >= 4 is 22.4 Å². The van der Waals surface area contributed by atoms with E-state index in [2.05, 4.69) is 0 Å². The average molecular weight is 421 g/mol. The summed E-state index contributed by atoms with van der Waals surface area (Å²) >= 11 is 0. The molecule has 1 aliphatic heterocycles. The summed E-state index contributed by atoms with van der Waals surface area (Å²) in [5.41, 5.74) is 4.42. The molecule has 6 heteroatoms. The summed E-state index contributed by atoms with van der Waals surface area (Å²) in [6.45, 7) is 6.78. The fourth-order valence-corrected chi connectivity index (χ4v) is 3.79. The molecule has 3 aromatic rings. The van der Waals surface area contributed by atoms with Gasteiger partial charge in [0.05, 0.1) is 33.2 Å². The number of morpholine rings is 1. The second kappa shape index (κ2) is 9.27. The Balaban J connectivity index is 1.76. The Kier molecular flexibility index (Phi) is 6.28. The number of methoxy groups -OCH3 is 1.